The van der Waals surface area contributed by atoms with E-state index in [1.165, 1.54) is 38.5 Å². The number of carbonyl (C=O) groups is 1. The van der Waals surface area contributed by atoms with E-state index in [0.717, 1.165) is 43.7 Å². The molecule has 1 heterocycles. The molecular formula is C20H29N3O. The number of nitrogens with zero attached hydrogens (tertiary/aromatic N) is 2. The molecule has 0 aromatic rings. The quantitative estimate of drug-likeness (QED) is 0.637. The molecule has 1 unspecified atom stereocenters. The van der Waals surface area contributed by atoms with Crippen LogP contribution in [-0.2, 0) is 4.79 Å². The second kappa shape index (κ2) is 6.10. The highest BCUT2D eigenvalue weighted by molar-refractivity contribution is 5.97. The van der Waals surface area contributed by atoms with Crippen molar-refractivity contribution in [2.75, 3.05) is 13.1 Å². The molecule has 1 atom stereocenters. The van der Waals surface area contributed by atoms with Gasteiger partial charge in [-0.05, 0) is 81.5 Å². The van der Waals surface area contributed by atoms with E-state index in [1.807, 2.05) is 0 Å². The van der Waals surface area contributed by atoms with Crippen LogP contribution in [0.4, 0.5) is 0 Å². The highest BCUT2D eigenvalue weighted by Gasteiger charge is 2.53. The first-order valence-electron chi connectivity index (χ1n) is 9.75. The lowest BCUT2D eigenvalue weighted by Gasteiger charge is -2.59. The normalized spacial score (nSPS) is 38.9. The van der Waals surface area contributed by atoms with E-state index >= 15 is 0 Å². The second-order valence-corrected chi connectivity index (χ2v) is 8.87. The molecule has 1 amide bonds. The lowest BCUT2D eigenvalue weighted by molar-refractivity contribution is -0.122. The Morgan fingerprint density at radius 1 is 1.17 bits per heavy atom. The summed E-state index contributed by atoms with van der Waals surface area (Å²) in [6.07, 6.45) is 12.2. The Balaban J connectivity index is 1.44. The zero-order valence-corrected chi connectivity index (χ0v) is 14.8. The minimum absolute atomic E-state index is 0.173. The Hall–Kier alpha value is -1.50. The van der Waals surface area contributed by atoms with Crippen LogP contribution in [0.3, 0.4) is 0 Å². The molecule has 1 aliphatic heterocycles. The van der Waals surface area contributed by atoms with Crippen molar-refractivity contribution in [3.05, 3.63) is 11.8 Å². The maximum atomic E-state index is 12.6. The van der Waals surface area contributed by atoms with Crippen LogP contribution in [0.25, 0.3) is 0 Å². The maximum Gasteiger partial charge on any atom is 0.263 e. The number of hydrogen-bond acceptors (Lipinski definition) is 3. The first kappa shape index (κ1) is 16.0. The Bertz CT molecular complexity index is 547. The molecule has 0 spiro atoms. The van der Waals surface area contributed by atoms with Gasteiger partial charge in [0.2, 0.25) is 0 Å². The van der Waals surface area contributed by atoms with Crippen LogP contribution in [-0.4, -0.2) is 29.9 Å². The van der Waals surface area contributed by atoms with Gasteiger partial charge < -0.3 is 10.2 Å². The van der Waals surface area contributed by atoms with Crippen LogP contribution in [0.15, 0.2) is 11.8 Å². The fourth-order valence-electron chi connectivity index (χ4n) is 6.33. The third-order valence-corrected chi connectivity index (χ3v) is 7.17. The summed E-state index contributed by atoms with van der Waals surface area (Å²) < 4.78 is 0. The predicted octanol–water partition coefficient (Wildman–Crippen LogP) is 3.21. The molecule has 5 fully saturated rings. The topological polar surface area (TPSA) is 56.1 Å². The average molecular weight is 327 g/mol. The summed E-state index contributed by atoms with van der Waals surface area (Å²) in [6, 6.07) is 2.29. The standard InChI is InChI=1S/C20H29N3O/c1-14(20-9-15-6-16(10-20)8-17(7-15)11-20)22-19(24)18(12-21)13-23-4-2-3-5-23/h13-17H,2-11H2,1H3,(H,22,24)/b18-13-. The van der Waals surface area contributed by atoms with Crippen LogP contribution >= 0.6 is 0 Å². The Labute approximate surface area is 145 Å². The SMILES string of the molecule is CC(NC(=O)/C(C#N)=C\N1CCCC1)C12CC3CC(CC(C3)C1)C2. The third kappa shape index (κ3) is 2.83. The molecular weight excluding hydrogens is 298 g/mol. The molecule has 130 valence electrons. The zero-order valence-electron chi connectivity index (χ0n) is 14.8. The van der Waals surface area contributed by atoms with E-state index in [9.17, 15) is 10.1 Å². The minimum atomic E-state index is -0.173. The van der Waals surface area contributed by atoms with Gasteiger partial charge in [0.05, 0.1) is 0 Å². The van der Waals surface area contributed by atoms with Gasteiger partial charge in [0.15, 0.2) is 0 Å². The number of rotatable bonds is 4. The van der Waals surface area contributed by atoms with E-state index in [2.05, 4.69) is 23.2 Å². The van der Waals surface area contributed by atoms with Gasteiger partial charge in [-0.15, -0.1) is 0 Å². The Morgan fingerprint density at radius 2 is 1.71 bits per heavy atom. The summed E-state index contributed by atoms with van der Waals surface area (Å²) in [4.78, 5) is 14.7. The maximum absolute atomic E-state index is 12.6. The summed E-state index contributed by atoms with van der Waals surface area (Å²) >= 11 is 0. The van der Waals surface area contributed by atoms with E-state index < -0.39 is 0 Å². The summed E-state index contributed by atoms with van der Waals surface area (Å²) in [5, 5.41) is 12.6. The van der Waals surface area contributed by atoms with Crippen molar-refractivity contribution < 1.29 is 4.79 Å². The van der Waals surface area contributed by atoms with E-state index in [4.69, 9.17) is 0 Å². The first-order valence-corrected chi connectivity index (χ1v) is 9.75. The molecule has 4 saturated carbocycles. The summed E-state index contributed by atoms with van der Waals surface area (Å²) in [5.74, 6) is 2.47. The fourth-order valence-corrected chi connectivity index (χ4v) is 6.33. The third-order valence-electron chi connectivity index (χ3n) is 7.17. The monoisotopic (exact) mass is 327 g/mol. The summed E-state index contributed by atoms with van der Waals surface area (Å²) in [6.45, 7) is 4.10. The van der Waals surface area contributed by atoms with Crippen molar-refractivity contribution in [2.24, 2.45) is 23.2 Å². The van der Waals surface area contributed by atoms with Gasteiger partial charge in [0, 0.05) is 25.3 Å². The van der Waals surface area contributed by atoms with Gasteiger partial charge >= 0.3 is 0 Å². The number of likely N-dealkylation sites (tertiary alicyclic amines) is 1. The summed E-state index contributed by atoms with van der Waals surface area (Å²) in [7, 11) is 0. The van der Waals surface area contributed by atoms with Gasteiger partial charge in [-0.3, -0.25) is 4.79 Å². The predicted molar refractivity (Wildman–Crippen MR) is 92.7 cm³/mol. The molecule has 5 rings (SSSR count). The second-order valence-electron chi connectivity index (χ2n) is 8.87. The van der Waals surface area contributed by atoms with Crippen molar-refractivity contribution in [2.45, 2.75) is 64.3 Å². The van der Waals surface area contributed by atoms with Crippen molar-refractivity contribution in [3.63, 3.8) is 0 Å². The molecule has 4 aliphatic carbocycles. The highest BCUT2D eigenvalue weighted by atomic mass is 16.1. The molecule has 5 aliphatic rings. The molecule has 1 N–H and O–H groups in total. The van der Waals surface area contributed by atoms with Crippen molar-refractivity contribution >= 4 is 5.91 Å². The molecule has 24 heavy (non-hydrogen) atoms. The lowest BCUT2D eigenvalue weighted by Crippen LogP contribution is -2.56. The largest absolute Gasteiger partial charge is 0.376 e. The van der Waals surface area contributed by atoms with Gasteiger partial charge in [-0.25, -0.2) is 0 Å². The number of carbonyl (C=O) groups excluding carboxylic acids is 1. The van der Waals surface area contributed by atoms with E-state index in [1.54, 1.807) is 6.20 Å². The highest BCUT2D eigenvalue weighted by Crippen LogP contribution is 2.61. The van der Waals surface area contributed by atoms with Crippen molar-refractivity contribution in [1.82, 2.24) is 10.2 Å². The number of nitrogens with one attached hydrogen (secondary N) is 1. The van der Waals surface area contributed by atoms with E-state index in [-0.39, 0.29) is 17.5 Å². The van der Waals surface area contributed by atoms with Crippen molar-refractivity contribution in [1.29, 1.82) is 5.26 Å². The molecule has 4 nitrogen and oxygen atoms in total. The Kier molecular flexibility index (Phi) is 4.06. The smallest absolute Gasteiger partial charge is 0.263 e. The molecule has 4 heteroatoms. The molecule has 0 aromatic carbocycles. The fraction of sp³-hybridized carbons (Fsp3) is 0.800. The van der Waals surface area contributed by atoms with Gasteiger partial charge in [-0.1, -0.05) is 0 Å². The van der Waals surface area contributed by atoms with Crippen LogP contribution in [0.5, 0.6) is 0 Å². The van der Waals surface area contributed by atoms with Gasteiger partial charge in [0.1, 0.15) is 11.6 Å². The van der Waals surface area contributed by atoms with Crippen LogP contribution in [0.2, 0.25) is 0 Å². The first-order chi connectivity index (χ1) is 11.6. The number of hydrogen-bond donors (Lipinski definition) is 1. The number of nitriles is 1. The zero-order chi connectivity index (χ0) is 16.7. The molecule has 1 saturated heterocycles. The van der Waals surface area contributed by atoms with Gasteiger partial charge in [0.25, 0.3) is 5.91 Å². The van der Waals surface area contributed by atoms with Crippen molar-refractivity contribution in [3.8, 4) is 6.07 Å². The van der Waals surface area contributed by atoms with Crippen LogP contribution in [0.1, 0.15) is 58.3 Å². The van der Waals surface area contributed by atoms with Crippen LogP contribution < -0.4 is 5.32 Å². The van der Waals surface area contributed by atoms with E-state index in [0.29, 0.717) is 5.41 Å². The summed E-state index contributed by atoms with van der Waals surface area (Å²) in [5.41, 5.74) is 0.562. The number of amides is 1. The van der Waals surface area contributed by atoms with Gasteiger partial charge in [-0.2, -0.15) is 5.26 Å². The average Bonchev–Trinajstić information content (AvgIpc) is 3.04. The molecule has 4 bridgehead atoms. The van der Waals surface area contributed by atoms with Crippen LogP contribution in [0, 0.1) is 34.5 Å². The minimum Gasteiger partial charge on any atom is -0.376 e. The molecule has 0 aromatic heterocycles. The lowest BCUT2D eigenvalue weighted by atomic mass is 9.48. The molecule has 0 radical (unpaired) electrons. The Morgan fingerprint density at radius 3 is 2.21 bits per heavy atom.